The van der Waals surface area contributed by atoms with Crippen LogP contribution in [0.25, 0.3) is 0 Å². The van der Waals surface area contributed by atoms with E-state index in [4.69, 9.17) is 0 Å². The van der Waals surface area contributed by atoms with Crippen LogP contribution < -0.4 is 0 Å². The van der Waals surface area contributed by atoms with Gasteiger partial charge >= 0.3 is 0 Å². The van der Waals surface area contributed by atoms with Crippen LogP contribution >= 0.6 is 11.3 Å². The molecule has 3 aliphatic rings. The lowest BCUT2D eigenvalue weighted by atomic mass is 9.87. The highest BCUT2D eigenvalue weighted by Crippen LogP contribution is 2.34. The van der Waals surface area contributed by atoms with E-state index in [0.29, 0.717) is 5.91 Å². The summed E-state index contributed by atoms with van der Waals surface area (Å²) in [5.74, 6) is 0.674. The quantitative estimate of drug-likeness (QED) is 0.826. The lowest BCUT2D eigenvalue weighted by molar-refractivity contribution is -0.134. The molecule has 0 radical (unpaired) electrons. The Morgan fingerprint density at radius 3 is 2.38 bits per heavy atom. The van der Waals surface area contributed by atoms with Crippen LogP contribution in [0.1, 0.15) is 58.6 Å². The van der Waals surface area contributed by atoms with Gasteiger partial charge in [0.15, 0.2) is 0 Å². The highest BCUT2D eigenvalue weighted by molar-refractivity contribution is 7.14. The Bertz CT molecular complexity index is 627. The first-order chi connectivity index (χ1) is 11.7. The maximum atomic E-state index is 12.7. The molecule has 1 aromatic heterocycles. The van der Waals surface area contributed by atoms with Gasteiger partial charge in [0.2, 0.25) is 5.91 Å². The summed E-state index contributed by atoms with van der Waals surface area (Å²) in [6, 6.07) is 2.08. The van der Waals surface area contributed by atoms with Crippen LogP contribution in [-0.4, -0.2) is 47.8 Å². The van der Waals surface area contributed by atoms with E-state index in [1.807, 2.05) is 9.80 Å². The summed E-state index contributed by atoms with van der Waals surface area (Å²) < 4.78 is 0. The molecule has 1 aromatic rings. The Kier molecular flexibility index (Phi) is 4.61. The highest BCUT2D eigenvalue weighted by atomic mass is 32.1. The minimum absolute atomic E-state index is 0.128. The molecule has 0 spiro atoms. The Morgan fingerprint density at radius 2 is 1.62 bits per heavy atom. The predicted octanol–water partition coefficient (Wildman–Crippen LogP) is 3.10. The molecule has 1 aliphatic carbocycles. The molecular weight excluding hydrogens is 320 g/mol. The highest BCUT2D eigenvalue weighted by Gasteiger charge is 2.31. The average molecular weight is 346 g/mol. The van der Waals surface area contributed by atoms with Crippen molar-refractivity contribution in [3.8, 4) is 0 Å². The van der Waals surface area contributed by atoms with Gasteiger partial charge in [-0.3, -0.25) is 9.59 Å². The summed E-state index contributed by atoms with van der Waals surface area (Å²) in [4.78, 5) is 31.6. The van der Waals surface area contributed by atoms with E-state index in [1.54, 1.807) is 11.3 Å². The van der Waals surface area contributed by atoms with E-state index in [-0.39, 0.29) is 11.8 Å². The lowest BCUT2D eigenvalue weighted by Crippen LogP contribution is -2.36. The number of thiophene rings is 1. The molecule has 4 rings (SSSR count). The maximum absolute atomic E-state index is 12.7. The second kappa shape index (κ2) is 6.87. The minimum Gasteiger partial charge on any atom is -0.342 e. The molecule has 0 N–H and O–H groups in total. The van der Waals surface area contributed by atoms with Gasteiger partial charge in [-0.2, -0.15) is 0 Å². The third-order valence-electron chi connectivity index (χ3n) is 5.70. The topological polar surface area (TPSA) is 40.6 Å². The van der Waals surface area contributed by atoms with Gasteiger partial charge in [0.25, 0.3) is 5.91 Å². The zero-order chi connectivity index (χ0) is 16.5. The third-order valence-corrected chi connectivity index (χ3v) is 6.93. The number of amides is 2. The molecule has 2 aliphatic heterocycles. The lowest BCUT2D eigenvalue weighted by Gasteiger charge is -2.26. The average Bonchev–Trinajstić information content (AvgIpc) is 3.30. The van der Waals surface area contributed by atoms with Crippen LogP contribution in [0.5, 0.6) is 0 Å². The molecule has 1 atom stereocenters. The summed E-state index contributed by atoms with van der Waals surface area (Å²) >= 11 is 1.67. The van der Waals surface area contributed by atoms with Crippen LogP contribution in [0.4, 0.5) is 0 Å². The van der Waals surface area contributed by atoms with Crippen molar-refractivity contribution >= 4 is 23.2 Å². The number of rotatable bonds is 2. The Morgan fingerprint density at radius 1 is 0.958 bits per heavy atom. The van der Waals surface area contributed by atoms with Gasteiger partial charge < -0.3 is 9.80 Å². The fourth-order valence-electron chi connectivity index (χ4n) is 4.29. The summed E-state index contributed by atoms with van der Waals surface area (Å²) in [6.07, 6.45) is 8.52. The zero-order valence-electron chi connectivity index (χ0n) is 14.3. The molecule has 4 nitrogen and oxygen atoms in total. The van der Waals surface area contributed by atoms with Gasteiger partial charge in [-0.05, 0) is 63.0 Å². The first-order valence-corrected chi connectivity index (χ1v) is 10.2. The summed E-state index contributed by atoms with van der Waals surface area (Å²) in [7, 11) is 0. The Hall–Kier alpha value is -1.36. The van der Waals surface area contributed by atoms with E-state index in [1.165, 1.54) is 16.9 Å². The smallest absolute Gasteiger partial charge is 0.263 e. The number of piperidine rings is 1. The number of carbonyl (C=O) groups excluding carboxylic acids is 2. The van der Waals surface area contributed by atoms with Crippen LogP contribution in [-0.2, 0) is 17.6 Å². The van der Waals surface area contributed by atoms with Crippen molar-refractivity contribution in [3.63, 3.8) is 0 Å². The molecule has 130 valence electrons. The standard InChI is InChI=1S/C19H26N2O2S/c22-18(20-10-4-5-11-20)14-6-7-16-15(12-14)13-17(24-16)19(23)21-8-2-1-3-9-21/h13-14H,1-12H2/t14-/m1/s1. The molecule has 2 saturated heterocycles. The third kappa shape index (κ3) is 3.10. The number of hydrogen-bond acceptors (Lipinski definition) is 3. The second-order valence-corrected chi connectivity index (χ2v) is 8.52. The number of likely N-dealkylation sites (tertiary alicyclic amines) is 2. The molecular formula is C19H26N2O2S. The van der Waals surface area contributed by atoms with Crippen molar-refractivity contribution in [2.45, 2.75) is 51.4 Å². The summed E-state index contributed by atoms with van der Waals surface area (Å²) in [5.41, 5.74) is 1.25. The van der Waals surface area contributed by atoms with E-state index >= 15 is 0 Å². The van der Waals surface area contributed by atoms with Gasteiger partial charge in [-0.25, -0.2) is 0 Å². The second-order valence-electron chi connectivity index (χ2n) is 7.38. The molecule has 5 heteroatoms. The molecule has 0 unspecified atom stereocenters. The first kappa shape index (κ1) is 16.1. The summed E-state index contributed by atoms with van der Waals surface area (Å²) in [5, 5.41) is 0. The van der Waals surface area contributed by atoms with Crippen LogP contribution in [0.15, 0.2) is 6.07 Å². The molecule has 0 saturated carbocycles. The van der Waals surface area contributed by atoms with E-state index < -0.39 is 0 Å². The van der Waals surface area contributed by atoms with Crippen molar-refractivity contribution in [2.75, 3.05) is 26.2 Å². The van der Waals surface area contributed by atoms with E-state index in [0.717, 1.165) is 76.0 Å². The predicted molar refractivity (Wildman–Crippen MR) is 95.4 cm³/mol. The Labute approximate surface area is 147 Å². The van der Waals surface area contributed by atoms with Crippen molar-refractivity contribution in [2.24, 2.45) is 5.92 Å². The molecule has 0 bridgehead atoms. The molecule has 0 aromatic carbocycles. The van der Waals surface area contributed by atoms with Crippen molar-refractivity contribution < 1.29 is 9.59 Å². The number of aryl methyl sites for hydroxylation is 1. The Balaban J connectivity index is 1.45. The fourth-order valence-corrected chi connectivity index (χ4v) is 5.46. The number of nitrogens with zero attached hydrogens (tertiary/aromatic N) is 2. The van der Waals surface area contributed by atoms with Crippen LogP contribution in [0, 0.1) is 5.92 Å². The number of hydrogen-bond donors (Lipinski definition) is 0. The first-order valence-electron chi connectivity index (χ1n) is 9.42. The van der Waals surface area contributed by atoms with Crippen molar-refractivity contribution in [1.82, 2.24) is 9.80 Å². The van der Waals surface area contributed by atoms with Crippen LogP contribution in [0.2, 0.25) is 0 Å². The van der Waals surface area contributed by atoms with Gasteiger partial charge in [0.05, 0.1) is 4.88 Å². The van der Waals surface area contributed by atoms with Crippen molar-refractivity contribution in [1.29, 1.82) is 0 Å². The number of carbonyl (C=O) groups is 2. The molecule has 2 fully saturated rings. The fraction of sp³-hybridized carbons (Fsp3) is 0.684. The molecule has 2 amide bonds. The van der Waals surface area contributed by atoms with Crippen LogP contribution in [0.3, 0.4) is 0 Å². The monoisotopic (exact) mass is 346 g/mol. The van der Waals surface area contributed by atoms with Gasteiger partial charge in [-0.15, -0.1) is 11.3 Å². The van der Waals surface area contributed by atoms with Gasteiger partial charge in [0.1, 0.15) is 0 Å². The normalized spacial score (nSPS) is 24.1. The van der Waals surface area contributed by atoms with Gasteiger partial charge in [0, 0.05) is 37.0 Å². The van der Waals surface area contributed by atoms with E-state index in [2.05, 4.69) is 6.07 Å². The maximum Gasteiger partial charge on any atom is 0.263 e. The SMILES string of the molecule is O=C(c1cc2c(s1)CC[C@@H](C(=O)N1CCCC1)C2)N1CCCCC1. The minimum atomic E-state index is 0.128. The zero-order valence-corrected chi connectivity index (χ0v) is 15.1. The van der Waals surface area contributed by atoms with E-state index in [9.17, 15) is 9.59 Å². The van der Waals surface area contributed by atoms with Gasteiger partial charge in [-0.1, -0.05) is 0 Å². The molecule has 24 heavy (non-hydrogen) atoms. The number of fused-ring (bicyclic) bond motifs is 1. The van der Waals surface area contributed by atoms with Crippen molar-refractivity contribution in [3.05, 3.63) is 21.4 Å². The summed E-state index contributed by atoms with van der Waals surface area (Å²) in [6.45, 7) is 3.67. The molecule has 3 heterocycles. The largest absolute Gasteiger partial charge is 0.342 e.